The molecule has 92 valence electrons. The van der Waals surface area contributed by atoms with Gasteiger partial charge in [0, 0.05) is 30.9 Å². The van der Waals surface area contributed by atoms with Gasteiger partial charge in [0.1, 0.15) is 0 Å². The Morgan fingerprint density at radius 2 is 2.06 bits per heavy atom. The maximum atomic E-state index is 10.8. The first kappa shape index (κ1) is 11.9. The monoisotopic (exact) mass is 234 g/mol. The van der Waals surface area contributed by atoms with Crippen LogP contribution in [-0.4, -0.2) is 34.2 Å². The number of aromatic nitrogens is 1. The van der Waals surface area contributed by atoms with E-state index in [1.54, 1.807) is 0 Å². The number of nitrogens with zero attached hydrogens (tertiary/aromatic N) is 2. The average Bonchev–Trinajstić information content (AvgIpc) is 2.29. The summed E-state index contributed by atoms with van der Waals surface area (Å²) in [5.74, 6) is 0.409. The van der Waals surface area contributed by atoms with Crippen LogP contribution in [0.3, 0.4) is 0 Å². The average molecular weight is 234 g/mol. The summed E-state index contributed by atoms with van der Waals surface area (Å²) in [4.78, 5) is 16.8. The number of rotatable bonds is 1. The Morgan fingerprint density at radius 3 is 2.59 bits per heavy atom. The van der Waals surface area contributed by atoms with Gasteiger partial charge in [-0.25, -0.2) is 4.79 Å². The van der Waals surface area contributed by atoms with Crippen LogP contribution in [0.4, 0.5) is 4.79 Å². The molecule has 0 unspecified atom stereocenters. The number of amides is 1. The molecular formula is C13H18N2O2. The molecule has 0 atom stereocenters. The van der Waals surface area contributed by atoms with E-state index in [0.717, 1.165) is 18.5 Å². The summed E-state index contributed by atoms with van der Waals surface area (Å²) in [7, 11) is 0. The molecule has 1 fully saturated rings. The van der Waals surface area contributed by atoms with Crippen LogP contribution in [0.1, 0.15) is 35.6 Å². The molecule has 1 aromatic heterocycles. The smallest absolute Gasteiger partial charge is 0.407 e. The number of carbonyl (C=O) groups is 1. The van der Waals surface area contributed by atoms with Crippen molar-refractivity contribution in [2.75, 3.05) is 13.1 Å². The van der Waals surface area contributed by atoms with Crippen LogP contribution in [-0.2, 0) is 0 Å². The van der Waals surface area contributed by atoms with Crippen LogP contribution in [0.2, 0.25) is 0 Å². The number of aryl methyl sites for hydroxylation is 2. The molecule has 1 aliphatic rings. The first-order valence-electron chi connectivity index (χ1n) is 5.99. The van der Waals surface area contributed by atoms with Gasteiger partial charge in [0.15, 0.2) is 0 Å². The number of likely N-dealkylation sites (tertiary alicyclic amines) is 1. The zero-order chi connectivity index (χ0) is 12.4. The molecule has 0 spiro atoms. The van der Waals surface area contributed by atoms with E-state index in [-0.39, 0.29) is 0 Å². The number of piperidine rings is 1. The first-order chi connectivity index (χ1) is 8.08. The Bertz CT molecular complexity index is 423. The lowest BCUT2D eigenvalue weighted by Crippen LogP contribution is -2.37. The standard InChI is InChI=1S/C13H18N2O2/c1-9-7-10(2)12(14-8-9)11-3-5-15(6-4-11)13(16)17/h7-8,11H,3-6H2,1-2H3,(H,16,17). The molecule has 0 aliphatic carbocycles. The van der Waals surface area contributed by atoms with Crippen molar-refractivity contribution in [2.24, 2.45) is 0 Å². The number of hydrogen-bond donors (Lipinski definition) is 1. The summed E-state index contributed by atoms with van der Waals surface area (Å²) >= 11 is 0. The highest BCUT2D eigenvalue weighted by Gasteiger charge is 2.24. The zero-order valence-electron chi connectivity index (χ0n) is 10.3. The van der Waals surface area contributed by atoms with Crippen LogP contribution in [0.5, 0.6) is 0 Å². The topological polar surface area (TPSA) is 53.4 Å². The van der Waals surface area contributed by atoms with Gasteiger partial charge in [0.05, 0.1) is 0 Å². The van der Waals surface area contributed by atoms with Crippen molar-refractivity contribution in [2.45, 2.75) is 32.6 Å². The Balaban J connectivity index is 2.08. The van der Waals surface area contributed by atoms with Gasteiger partial charge in [-0.05, 0) is 37.8 Å². The van der Waals surface area contributed by atoms with E-state index < -0.39 is 6.09 Å². The van der Waals surface area contributed by atoms with Crippen molar-refractivity contribution >= 4 is 6.09 Å². The summed E-state index contributed by atoms with van der Waals surface area (Å²) in [6.07, 6.45) is 2.84. The van der Waals surface area contributed by atoms with E-state index >= 15 is 0 Å². The van der Waals surface area contributed by atoms with Crippen molar-refractivity contribution in [3.8, 4) is 0 Å². The van der Waals surface area contributed by atoms with Gasteiger partial charge in [-0.3, -0.25) is 4.98 Å². The molecule has 0 aromatic carbocycles. The highest BCUT2D eigenvalue weighted by Crippen LogP contribution is 2.28. The molecule has 0 bridgehead atoms. The van der Waals surface area contributed by atoms with Gasteiger partial charge in [-0.1, -0.05) is 6.07 Å². The lowest BCUT2D eigenvalue weighted by atomic mass is 9.90. The van der Waals surface area contributed by atoms with E-state index in [1.165, 1.54) is 16.0 Å². The van der Waals surface area contributed by atoms with E-state index in [0.29, 0.717) is 19.0 Å². The van der Waals surface area contributed by atoms with E-state index in [9.17, 15) is 4.79 Å². The quantitative estimate of drug-likeness (QED) is 0.812. The molecule has 4 nitrogen and oxygen atoms in total. The third-order valence-electron chi connectivity index (χ3n) is 3.41. The highest BCUT2D eigenvalue weighted by atomic mass is 16.4. The minimum atomic E-state index is -0.808. The first-order valence-corrected chi connectivity index (χ1v) is 5.99. The lowest BCUT2D eigenvalue weighted by molar-refractivity contribution is 0.131. The molecule has 2 heterocycles. The number of pyridine rings is 1. The van der Waals surface area contributed by atoms with E-state index in [2.05, 4.69) is 18.0 Å². The Kier molecular flexibility index (Phi) is 3.31. The van der Waals surface area contributed by atoms with Gasteiger partial charge in [-0.15, -0.1) is 0 Å². The Morgan fingerprint density at radius 1 is 1.41 bits per heavy atom. The minimum Gasteiger partial charge on any atom is -0.465 e. The maximum absolute atomic E-state index is 10.8. The third kappa shape index (κ3) is 2.57. The van der Waals surface area contributed by atoms with Crippen molar-refractivity contribution in [3.63, 3.8) is 0 Å². The predicted octanol–water partition coefficient (Wildman–Crippen LogP) is 2.56. The largest absolute Gasteiger partial charge is 0.465 e. The molecule has 2 rings (SSSR count). The van der Waals surface area contributed by atoms with Crippen LogP contribution < -0.4 is 0 Å². The number of hydrogen-bond acceptors (Lipinski definition) is 2. The second-order valence-corrected chi connectivity index (χ2v) is 4.76. The minimum absolute atomic E-state index is 0.409. The molecule has 0 radical (unpaired) electrons. The zero-order valence-corrected chi connectivity index (χ0v) is 10.3. The van der Waals surface area contributed by atoms with Gasteiger partial charge in [0.2, 0.25) is 0 Å². The highest BCUT2D eigenvalue weighted by molar-refractivity contribution is 5.65. The summed E-state index contributed by atoms with van der Waals surface area (Å²) in [6.45, 7) is 5.36. The fourth-order valence-corrected chi connectivity index (χ4v) is 2.50. The second kappa shape index (κ2) is 4.73. The molecule has 1 N–H and O–H groups in total. The molecule has 1 aliphatic heterocycles. The van der Waals surface area contributed by atoms with Crippen LogP contribution in [0.25, 0.3) is 0 Å². The summed E-state index contributed by atoms with van der Waals surface area (Å²) in [6, 6.07) is 2.14. The fourth-order valence-electron chi connectivity index (χ4n) is 2.50. The summed E-state index contributed by atoms with van der Waals surface area (Å²) in [5.41, 5.74) is 3.54. The van der Waals surface area contributed by atoms with Gasteiger partial charge in [-0.2, -0.15) is 0 Å². The third-order valence-corrected chi connectivity index (χ3v) is 3.41. The van der Waals surface area contributed by atoms with Crippen molar-refractivity contribution in [1.82, 2.24) is 9.88 Å². The summed E-state index contributed by atoms with van der Waals surface area (Å²) < 4.78 is 0. The molecule has 1 aromatic rings. The SMILES string of the molecule is Cc1cnc(C2CCN(C(=O)O)CC2)c(C)c1. The fraction of sp³-hybridized carbons (Fsp3) is 0.538. The van der Waals surface area contributed by atoms with Gasteiger partial charge >= 0.3 is 6.09 Å². The van der Waals surface area contributed by atoms with Gasteiger partial charge < -0.3 is 10.0 Å². The molecule has 4 heteroatoms. The molecule has 1 saturated heterocycles. The van der Waals surface area contributed by atoms with Crippen LogP contribution in [0, 0.1) is 13.8 Å². The Labute approximate surface area is 101 Å². The van der Waals surface area contributed by atoms with Crippen molar-refractivity contribution < 1.29 is 9.90 Å². The van der Waals surface area contributed by atoms with Gasteiger partial charge in [0.25, 0.3) is 0 Å². The van der Waals surface area contributed by atoms with Crippen molar-refractivity contribution in [3.05, 3.63) is 29.1 Å². The molecule has 0 saturated carbocycles. The van der Waals surface area contributed by atoms with E-state index in [4.69, 9.17) is 5.11 Å². The lowest BCUT2D eigenvalue weighted by Gasteiger charge is -2.30. The maximum Gasteiger partial charge on any atom is 0.407 e. The van der Waals surface area contributed by atoms with E-state index in [1.807, 2.05) is 13.1 Å². The second-order valence-electron chi connectivity index (χ2n) is 4.76. The summed E-state index contributed by atoms with van der Waals surface area (Å²) in [5, 5.41) is 8.90. The van der Waals surface area contributed by atoms with Crippen LogP contribution in [0.15, 0.2) is 12.3 Å². The van der Waals surface area contributed by atoms with Crippen LogP contribution >= 0.6 is 0 Å². The Hall–Kier alpha value is -1.58. The predicted molar refractivity (Wildman–Crippen MR) is 65.3 cm³/mol. The molecule has 17 heavy (non-hydrogen) atoms. The molecular weight excluding hydrogens is 216 g/mol. The normalized spacial score (nSPS) is 17.2. The van der Waals surface area contributed by atoms with Crippen molar-refractivity contribution in [1.29, 1.82) is 0 Å². The molecule has 1 amide bonds. The number of carboxylic acid groups (broad SMARTS) is 1.